The van der Waals surface area contributed by atoms with Crippen molar-refractivity contribution < 1.29 is 27.8 Å². The summed E-state index contributed by atoms with van der Waals surface area (Å²) in [5.74, 6) is -0.594. The molecule has 0 saturated carbocycles. The van der Waals surface area contributed by atoms with Crippen LogP contribution < -0.4 is 4.74 Å². The smallest absolute Gasteiger partial charge is 0.425 e. The lowest BCUT2D eigenvalue weighted by atomic mass is 9.86. The number of rotatable bonds is 1. The first kappa shape index (κ1) is 13.7. The highest BCUT2D eigenvalue weighted by atomic mass is 19.4. The molecular formula is C14H15F3O3. The summed E-state index contributed by atoms with van der Waals surface area (Å²) in [4.78, 5) is 0. The van der Waals surface area contributed by atoms with E-state index in [-0.39, 0.29) is 6.42 Å². The molecule has 1 N–H and O–H groups in total. The van der Waals surface area contributed by atoms with E-state index in [9.17, 15) is 18.3 Å². The van der Waals surface area contributed by atoms with Crippen LogP contribution in [-0.4, -0.2) is 29.8 Å². The molecule has 3 nitrogen and oxygen atoms in total. The van der Waals surface area contributed by atoms with E-state index < -0.39 is 30.6 Å². The lowest BCUT2D eigenvalue weighted by molar-refractivity contribution is -0.215. The van der Waals surface area contributed by atoms with Gasteiger partial charge in [0, 0.05) is 5.92 Å². The average Bonchev–Trinajstić information content (AvgIpc) is 3.03. The van der Waals surface area contributed by atoms with Gasteiger partial charge in [-0.25, -0.2) is 0 Å². The van der Waals surface area contributed by atoms with Crippen LogP contribution in [0.5, 0.6) is 5.75 Å². The van der Waals surface area contributed by atoms with Crippen molar-refractivity contribution in [1.82, 2.24) is 0 Å². The van der Waals surface area contributed by atoms with Gasteiger partial charge in [0.2, 0.25) is 0 Å². The molecule has 2 aliphatic rings. The van der Waals surface area contributed by atoms with Crippen molar-refractivity contribution in [3.05, 3.63) is 28.8 Å². The lowest BCUT2D eigenvalue weighted by Crippen LogP contribution is -2.47. The van der Waals surface area contributed by atoms with Crippen LogP contribution in [0.1, 0.15) is 16.7 Å². The number of aliphatic hydroxyl groups is 1. The molecule has 1 aromatic carbocycles. The van der Waals surface area contributed by atoms with Crippen LogP contribution in [0.15, 0.2) is 12.1 Å². The summed E-state index contributed by atoms with van der Waals surface area (Å²) in [7, 11) is 0. The Morgan fingerprint density at radius 3 is 2.45 bits per heavy atom. The summed E-state index contributed by atoms with van der Waals surface area (Å²) in [5.41, 5.74) is 2.42. The number of benzene rings is 1. The predicted octanol–water partition coefficient (Wildman–Crippen LogP) is 2.50. The number of alkyl halides is 3. The van der Waals surface area contributed by atoms with Gasteiger partial charge in [-0.15, -0.1) is 0 Å². The van der Waals surface area contributed by atoms with E-state index in [2.05, 4.69) is 0 Å². The molecule has 6 heteroatoms. The Morgan fingerprint density at radius 2 is 1.90 bits per heavy atom. The fraction of sp³-hybridized carbons (Fsp3) is 0.571. The standard InChI is InChI=1S/C14H15F3O3/c1-6-3-7(2)10-8(4-6)5-9(11-13(18)20-11)12(19-10)14(15,16)17/h3-4,9,11-13,18H,5H2,1-2H3. The topological polar surface area (TPSA) is 42.0 Å². The Labute approximate surface area is 114 Å². The monoisotopic (exact) mass is 288 g/mol. The van der Waals surface area contributed by atoms with Crippen molar-refractivity contribution in [2.75, 3.05) is 0 Å². The first-order valence-corrected chi connectivity index (χ1v) is 6.44. The zero-order valence-corrected chi connectivity index (χ0v) is 11.1. The Kier molecular flexibility index (Phi) is 2.99. The summed E-state index contributed by atoms with van der Waals surface area (Å²) in [6.07, 6.45) is -8.12. The quantitative estimate of drug-likeness (QED) is 0.807. The minimum Gasteiger partial charge on any atom is -0.480 e. The summed E-state index contributed by atoms with van der Waals surface area (Å²) in [6.45, 7) is 3.63. The van der Waals surface area contributed by atoms with E-state index in [4.69, 9.17) is 9.47 Å². The average molecular weight is 288 g/mol. The van der Waals surface area contributed by atoms with Gasteiger partial charge in [0.15, 0.2) is 12.4 Å². The van der Waals surface area contributed by atoms with Gasteiger partial charge < -0.3 is 14.6 Å². The first-order chi connectivity index (χ1) is 9.27. The number of hydrogen-bond donors (Lipinski definition) is 1. The van der Waals surface area contributed by atoms with Crippen LogP contribution in [0.3, 0.4) is 0 Å². The van der Waals surface area contributed by atoms with E-state index in [1.807, 2.05) is 13.0 Å². The fourth-order valence-electron chi connectivity index (χ4n) is 2.96. The van der Waals surface area contributed by atoms with Gasteiger partial charge in [0.25, 0.3) is 0 Å². The van der Waals surface area contributed by atoms with Crippen LogP contribution in [0.4, 0.5) is 13.2 Å². The SMILES string of the molecule is Cc1cc(C)c2c(c1)CC(C1OC1O)C(C(F)(F)F)O2. The van der Waals surface area contributed by atoms with E-state index in [0.717, 1.165) is 11.1 Å². The van der Waals surface area contributed by atoms with Crippen LogP contribution in [-0.2, 0) is 11.2 Å². The maximum absolute atomic E-state index is 13.1. The summed E-state index contributed by atoms with van der Waals surface area (Å²) in [5, 5.41) is 9.27. The summed E-state index contributed by atoms with van der Waals surface area (Å²) < 4.78 is 49.5. The molecule has 20 heavy (non-hydrogen) atoms. The van der Waals surface area contributed by atoms with Gasteiger partial charge in [0.1, 0.15) is 11.9 Å². The third-order valence-electron chi connectivity index (χ3n) is 3.83. The molecule has 0 aromatic heterocycles. The van der Waals surface area contributed by atoms with Crippen LogP contribution in [0, 0.1) is 19.8 Å². The molecule has 0 spiro atoms. The molecule has 4 unspecified atom stereocenters. The molecule has 1 saturated heterocycles. The number of halogens is 3. The number of hydrogen-bond acceptors (Lipinski definition) is 3. The van der Waals surface area contributed by atoms with E-state index in [1.165, 1.54) is 0 Å². The van der Waals surface area contributed by atoms with Crippen molar-refractivity contribution in [3.8, 4) is 5.75 Å². The molecule has 2 heterocycles. The van der Waals surface area contributed by atoms with Crippen molar-refractivity contribution in [2.24, 2.45) is 5.92 Å². The van der Waals surface area contributed by atoms with E-state index in [1.54, 1.807) is 13.0 Å². The molecule has 0 amide bonds. The highest BCUT2D eigenvalue weighted by Crippen LogP contribution is 2.45. The third-order valence-corrected chi connectivity index (χ3v) is 3.83. The predicted molar refractivity (Wildman–Crippen MR) is 64.5 cm³/mol. The normalized spacial score (nSPS) is 32.5. The molecule has 0 radical (unpaired) electrons. The molecule has 0 bridgehead atoms. The van der Waals surface area contributed by atoms with Crippen molar-refractivity contribution in [3.63, 3.8) is 0 Å². The van der Waals surface area contributed by atoms with Crippen LogP contribution >= 0.6 is 0 Å². The summed E-state index contributed by atoms with van der Waals surface area (Å²) in [6, 6.07) is 3.63. The van der Waals surface area contributed by atoms with Crippen molar-refractivity contribution >= 4 is 0 Å². The Balaban J connectivity index is 1.99. The van der Waals surface area contributed by atoms with Gasteiger partial charge in [-0.2, -0.15) is 13.2 Å². The lowest BCUT2D eigenvalue weighted by Gasteiger charge is -2.35. The van der Waals surface area contributed by atoms with Crippen LogP contribution in [0.25, 0.3) is 0 Å². The van der Waals surface area contributed by atoms with Crippen molar-refractivity contribution in [1.29, 1.82) is 0 Å². The second kappa shape index (κ2) is 4.36. The number of aryl methyl sites for hydroxylation is 2. The van der Waals surface area contributed by atoms with Crippen molar-refractivity contribution in [2.45, 2.75) is 44.9 Å². The number of fused-ring (bicyclic) bond motifs is 1. The van der Waals surface area contributed by atoms with Gasteiger partial charge in [-0.1, -0.05) is 17.7 Å². The number of ether oxygens (including phenoxy) is 2. The van der Waals surface area contributed by atoms with Gasteiger partial charge >= 0.3 is 6.18 Å². The third kappa shape index (κ3) is 2.27. The maximum atomic E-state index is 13.1. The number of epoxide rings is 1. The Hall–Kier alpha value is -1.27. The van der Waals surface area contributed by atoms with Gasteiger partial charge in [-0.05, 0) is 31.4 Å². The fourth-order valence-corrected chi connectivity index (χ4v) is 2.96. The Morgan fingerprint density at radius 1 is 1.25 bits per heavy atom. The Bertz CT molecular complexity index is 541. The molecule has 4 atom stereocenters. The molecule has 3 rings (SSSR count). The molecular weight excluding hydrogens is 273 g/mol. The van der Waals surface area contributed by atoms with Gasteiger partial charge in [0.05, 0.1) is 0 Å². The molecule has 110 valence electrons. The van der Waals surface area contributed by atoms with E-state index >= 15 is 0 Å². The van der Waals surface area contributed by atoms with E-state index in [0.29, 0.717) is 11.3 Å². The molecule has 1 aromatic rings. The zero-order valence-electron chi connectivity index (χ0n) is 11.1. The zero-order chi connectivity index (χ0) is 14.7. The highest BCUT2D eigenvalue weighted by molar-refractivity contribution is 5.45. The summed E-state index contributed by atoms with van der Waals surface area (Å²) >= 11 is 0. The maximum Gasteiger partial charge on any atom is 0.425 e. The largest absolute Gasteiger partial charge is 0.480 e. The van der Waals surface area contributed by atoms with Crippen LogP contribution in [0.2, 0.25) is 0 Å². The molecule has 2 aliphatic heterocycles. The minimum absolute atomic E-state index is 0.198. The number of aliphatic hydroxyl groups excluding tert-OH is 1. The second-order valence-corrected chi connectivity index (χ2v) is 5.51. The second-order valence-electron chi connectivity index (χ2n) is 5.51. The molecule has 0 aliphatic carbocycles. The minimum atomic E-state index is -4.48. The molecule has 1 fully saturated rings. The first-order valence-electron chi connectivity index (χ1n) is 6.44. The van der Waals surface area contributed by atoms with Gasteiger partial charge in [-0.3, -0.25) is 0 Å². The highest BCUT2D eigenvalue weighted by Gasteiger charge is 2.58.